The molecule has 1 N–H and O–H groups in total. The number of aromatic nitrogens is 1. The van der Waals surface area contributed by atoms with Crippen molar-refractivity contribution in [3.63, 3.8) is 0 Å². The SMILES string of the molecule is CC(C)c1ccccc1NC(=O)COc1cccc[n+]1[O-]. The molecular weight excluding hydrogens is 268 g/mol. The lowest BCUT2D eigenvalue weighted by Gasteiger charge is -2.13. The zero-order valence-electron chi connectivity index (χ0n) is 12.1. The lowest BCUT2D eigenvalue weighted by Crippen LogP contribution is -2.30. The second-order valence-electron chi connectivity index (χ2n) is 4.94. The molecule has 2 aromatic rings. The predicted octanol–water partition coefficient (Wildman–Crippen LogP) is 2.46. The highest BCUT2D eigenvalue weighted by atomic mass is 16.6. The molecule has 0 radical (unpaired) electrons. The number of anilines is 1. The summed E-state index contributed by atoms with van der Waals surface area (Å²) < 4.78 is 5.79. The quantitative estimate of drug-likeness (QED) is 0.678. The topological polar surface area (TPSA) is 65.3 Å². The molecule has 5 nitrogen and oxygen atoms in total. The molecule has 0 saturated carbocycles. The summed E-state index contributed by atoms with van der Waals surface area (Å²) in [6.07, 6.45) is 1.32. The van der Waals surface area contributed by atoms with Crippen LogP contribution in [0.1, 0.15) is 25.3 Å². The minimum Gasteiger partial charge on any atom is -0.616 e. The van der Waals surface area contributed by atoms with Crippen molar-refractivity contribution in [3.8, 4) is 5.88 Å². The molecule has 0 fully saturated rings. The van der Waals surface area contributed by atoms with Gasteiger partial charge in [-0.3, -0.25) is 4.79 Å². The van der Waals surface area contributed by atoms with Gasteiger partial charge in [0.25, 0.3) is 5.91 Å². The lowest BCUT2D eigenvalue weighted by atomic mass is 10.0. The van der Waals surface area contributed by atoms with E-state index in [2.05, 4.69) is 19.2 Å². The summed E-state index contributed by atoms with van der Waals surface area (Å²) >= 11 is 0. The Hall–Kier alpha value is -2.56. The third-order valence-electron chi connectivity index (χ3n) is 3.00. The fourth-order valence-electron chi connectivity index (χ4n) is 1.96. The summed E-state index contributed by atoms with van der Waals surface area (Å²) in [5, 5.41) is 14.2. The molecular formula is C16H18N2O3. The number of hydrogen-bond acceptors (Lipinski definition) is 3. The van der Waals surface area contributed by atoms with Crippen molar-refractivity contribution < 1.29 is 14.3 Å². The number of nitrogens with one attached hydrogen (secondary N) is 1. The van der Waals surface area contributed by atoms with Gasteiger partial charge in [0.05, 0.1) is 6.07 Å². The van der Waals surface area contributed by atoms with E-state index < -0.39 is 0 Å². The van der Waals surface area contributed by atoms with Crippen LogP contribution < -0.4 is 14.8 Å². The number of para-hydroxylation sites is 1. The molecule has 0 unspecified atom stereocenters. The summed E-state index contributed by atoms with van der Waals surface area (Å²) in [4.78, 5) is 11.9. The van der Waals surface area contributed by atoms with Crippen molar-refractivity contribution in [1.29, 1.82) is 0 Å². The number of pyridine rings is 1. The molecule has 2 rings (SSSR count). The van der Waals surface area contributed by atoms with Gasteiger partial charge in [-0.25, -0.2) is 0 Å². The summed E-state index contributed by atoms with van der Waals surface area (Å²) in [5.74, 6) is 0.108. The summed E-state index contributed by atoms with van der Waals surface area (Å²) in [6.45, 7) is 3.91. The van der Waals surface area contributed by atoms with Crippen LogP contribution in [0, 0.1) is 5.21 Å². The van der Waals surface area contributed by atoms with Gasteiger partial charge in [-0.05, 0) is 23.6 Å². The Balaban J connectivity index is 1.98. The van der Waals surface area contributed by atoms with E-state index in [4.69, 9.17) is 4.74 Å². The zero-order valence-corrected chi connectivity index (χ0v) is 12.1. The van der Waals surface area contributed by atoms with Crippen LogP contribution in [0.2, 0.25) is 0 Å². The molecule has 0 spiro atoms. The molecule has 21 heavy (non-hydrogen) atoms. The Labute approximate surface area is 123 Å². The second kappa shape index (κ2) is 6.74. The van der Waals surface area contributed by atoms with Crippen LogP contribution in [-0.2, 0) is 4.79 Å². The molecule has 0 atom stereocenters. The first kappa shape index (κ1) is 14.8. The predicted molar refractivity (Wildman–Crippen MR) is 80.1 cm³/mol. The van der Waals surface area contributed by atoms with E-state index in [1.807, 2.05) is 24.3 Å². The van der Waals surface area contributed by atoms with Crippen molar-refractivity contribution in [3.05, 3.63) is 59.4 Å². The molecule has 1 aromatic heterocycles. The Morgan fingerprint density at radius 3 is 2.67 bits per heavy atom. The highest BCUT2D eigenvalue weighted by Gasteiger charge is 2.11. The molecule has 0 aliphatic rings. The number of ether oxygens (including phenoxy) is 1. The number of carbonyl (C=O) groups excluding carboxylic acids is 1. The minimum absolute atomic E-state index is 0.102. The smallest absolute Gasteiger partial charge is 0.379 e. The van der Waals surface area contributed by atoms with Gasteiger partial charge < -0.3 is 15.3 Å². The first-order valence-corrected chi connectivity index (χ1v) is 6.77. The van der Waals surface area contributed by atoms with Gasteiger partial charge in [-0.1, -0.05) is 32.0 Å². The van der Waals surface area contributed by atoms with Crippen molar-refractivity contribution in [2.75, 3.05) is 11.9 Å². The van der Waals surface area contributed by atoms with Crippen LogP contribution in [0.5, 0.6) is 5.88 Å². The van der Waals surface area contributed by atoms with Crippen molar-refractivity contribution in [2.45, 2.75) is 19.8 Å². The number of nitrogens with zero attached hydrogens (tertiary/aromatic N) is 1. The number of rotatable bonds is 5. The van der Waals surface area contributed by atoms with Crippen molar-refractivity contribution in [1.82, 2.24) is 0 Å². The monoisotopic (exact) mass is 286 g/mol. The average molecular weight is 286 g/mol. The molecule has 1 amide bonds. The van der Waals surface area contributed by atoms with Gasteiger partial charge in [-0.2, -0.15) is 0 Å². The number of benzene rings is 1. The van der Waals surface area contributed by atoms with Crippen LogP contribution >= 0.6 is 0 Å². The van der Waals surface area contributed by atoms with Gasteiger partial charge in [0.2, 0.25) is 0 Å². The van der Waals surface area contributed by atoms with Gasteiger partial charge >= 0.3 is 5.88 Å². The summed E-state index contributed by atoms with van der Waals surface area (Å²) in [7, 11) is 0. The van der Waals surface area contributed by atoms with Gasteiger partial charge in [0.1, 0.15) is 0 Å². The van der Waals surface area contributed by atoms with Crippen LogP contribution in [0.3, 0.4) is 0 Å². The Bertz CT molecular complexity index is 626. The second-order valence-corrected chi connectivity index (χ2v) is 4.94. The highest BCUT2D eigenvalue weighted by Crippen LogP contribution is 2.23. The van der Waals surface area contributed by atoms with E-state index in [1.54, 1.807) is 12.1 Å². The van der Waals surface area contributed by atoms with E-state index in [0.29, 0.717) is 10.6 Å². The largest absolute Gasteiger partial charge is 0.616 e. The van der Waals surface area contributed by atoms with Crippen LogP contribution in [0.25, 0.3) is 0 Å². The van der Waals surface area contributed by atoms with E-state index in [9.17, 15) is 10.0 Å². The van der Waals surface area contributed by atoms with Crippen LogP contribution in [0.15, 0.2) is 48.7 Å². The molecule has 5 heteroatoms. The Morgan fingerprint density at radius 1 is 1.24 bits per heavy atom. The van der Waals surface area contributed by atoms with Gasteiger partial charge in [0, 0.05) is 11.8 Å². The summed E-state index contributed by atoms with van der Waals surface area (Å²) in [5.41, 5.74) is 1.83. The van der Waals surface area contributed by atoms with E-state index in [1.165, 1.54) is 12.3 Å². The first-order valence-electron chi connectivity index (χ1n) is 6.77. The normalized spacial score (nSPS) is 10.4. The molecule has 0 saturated heterocycles. The Kier molecular flexibility index (Phi) is 4.77. The fraction of sp³-hybridized carbons (Fsp3) is 0.250. The number of amides is 1. The maximum absolute atomic E-state index is 11.9. The molecule has 1 heterocycles. The van der Waals surface area contributed by atoms with E-state index >= 15 is 0 Å². The fourth-order valence-corrected chi connectivity index (χ4v) is 1.96. The highest BCUT2D eigenvalue weighted by molar-refractivity contribution is 5.92. The molecule has 1 aromatic carbocycles. The standard InChI is InChI=1S/C16H18N2O3/c1-12(2)13-7-3-4-8-14(13)17-15(19)11-21-16-9-5-6-10-18(16)20/h3-10,12H,11H2,1-2H3,(H,17,19). The van der Waals surface area contributed by atoms with Crippen LogP contribution in [-0.4, -0.2) is 12.5 Å². The first-order chi connectivity index (χ1) is 10.1. The molecule has 0 bridgehead atoms. The van der Waals surface area contributed by atoms with Gasteiger partial charge in [-0.15, -0.1) is 4.73 Å². The average Bonchev–Trinajstić information content (AvgIpc) is 2.47. The molecule has 0 aliphatic carbocycles. The minimum atomic E-state index is -0.299. The summed E-state index contributed by atoms with van der Waals surface area (Å²) in [6, 6.07) is 12.4. The zero-order chi connectivity index (χ0) is 15.2. The van der Waals surface area contributed by atoms with Gasteiger partial charge in [0.15, 0.2) is 12.8 Å². The maximum Gasteiger partial charge on any atom is 0.379 e. The maximum atomic E-state index is 11.9. The van der Waals surface area contributed by atoms with E-state index in [-0.39, 0.29) is 18.4 Å². The van der Waals surface area contributed by atoms with Crippen molar-refractivity contribution in [2.24, 2.45) is 0 Å². The number of carbonyl (C=O) groups is 1. The number of hydrogen-bond donors (Lipinski definition) is 1. The molecule has 0 aliphatic heterocycles. The van der Waals surface area contributed by atoms with E-state index in [0.717, 1.165) is 11.3 Å². The molecule has 110 valence electrons. The third kappa shape index (κ3) is 3.95. The lowest BCUT2D eigenvalue weighted by molar-refractivity contribution is -0.612. The van der Waals surface area contributed by atoms with Crippen LogP contribution in [0.4, 0.5) is 5.69 Å². The Morgan fingerprint density at radius 2 is 1.95 bits per heavy atom. The third-order valence-corrected chi connectivity index (χ3v) is 3.00. The van der Waals surface area contributed by atoms with Crippen molar-refractivity contribution >= 4 is 11.6 Å².